The van der Waals surface area contributed by atoms with Crippen molar-refractivity contribution in [3.63, 3.8) is 0 Å². The van der Waals surface area contributed by atoms with Crippen LogP contribution < -0.4 is 4.90 Å². The lowest BCUT2D eigenvalue weighted by Crippen LogP contribution is -3.17. The van der Waals surface area contributed by atoms with Crippen molar-refractivity contribution >= 4 is 15.9 Å². The van der Waals surface area contributed by atoms with Gasteiger partial charge in [-0.05, 0) is 49.8 Å². The molecule has 1 N–H and O–H groups in total. The number of piperazine rings is 1. The SMILES string of the molecule is CC(C)c1ccc(S(=O)(=O)N2CCN(C(=O)C[NH+]3CCCC[C@H]3C)CC2)cc1. The first kappa shape index (κ1) is 21.3. The minimum Gasteiger partial charge on any atom is -0.335 e. The summed E-state index contributed by atoms with van der Waals surface area (Å²) >= 11 is 0. The number of nitrogens with one attached hydrogen (secondary N) is 1. The number of benzene rings is 1. The summed E-state index contributed by atoms with van der Waals surface area (Å²) in [4.78, 5) is 16.2. The van der Waals surface area contributed by atoms with E-state index in [4.69, 9.17) is 0 Å². The highest BCUT2D eigenvalue weighted by atomic mass is 32.2. The molecule has 2 fully saturated rings. The maximum absolute atomic E-state index is 12.9. The Hall–Kier alpha value is -1.44. The second-order valence-electron chi connectivity index (χ2n) is 8.49. The molecule has 2 saturated heterocycles. The number of quaternary nitrogens is 1. The third-order valence-electron chi connectivity index (χ3n) is 6.24. The molecule has 28 heavy (non-hydrogen) atoms. The van der Waals surface area contributed by atoms with Gasteiger partial charge in [-0.1, -0.05) is 26.0 Å². The van der Waals surface area contributed by atoms with Gasteiger partial charge < -0.3 is 9.80 Å². The van der Waals surface area contributed by atoms with Crippen molar-refractivity contribution in [2.45, 2.75) is 56.9 Å². The molecule has 1 amide bonds. The van der Waals surface area contributed by atoms with Gasteiger partial charge in [-0.25, -0.2) is 8.42 Å². The Balaban J connectivity index is 1.57. The van der Waals surface area contributed by atoms with E-state index < -0.39 is 10.0 Å². The molecule has 0 spiro atoms. The molecule has 0 aliphatic carbocycles. The second kappa shape index (κ2) is 8.93. The van der Waals surface area contributed by atoms with E-state index >= 15 is 0 Å². The lowest BCUT2D eigenvalue weighted by atomic mass is 10.0. The van der Waals surface area contributed by atoms with Crippen molar-refractivity contribution in [3.8, 4) is 0 Å². The first-order chi connectivity index (χ1) is 13.3. The highest BCUT2D eigenvalue weighted by molar-refractivity contribution is 7.89. The van der Waals surface area contributed by atoms with E-state index in [0.29, 0.717) is 49.6 Å². The number of piperidine rings is 1. The van der Waals surface area contributed by atoms with Gasteiger partial charge in [0.15, 0.2) is 6.54 Å². The summed E-state index contributed by atoms with van der Waals surface area (Å²) in [6.45, 7) is 9.68. The number of amides is 1. The first-order valence-electron chi connectivity index (χ1n) is 10.5. The molecule has 2 aliphatic heterocycles. The van der Waals surface area contributed by atoms with Crippen molar-refractivity contribution in [1.29, 1.82) is 0 Å². The quantitative estimate of drug-likeness (QED) is 0.794. The number of carbonyl (C=O) groups is 1. The monoisotopic (exact) mass is 408 g/mol. The van der Waals surface area contributed by atoms with E-state index in [1.54, 1.807) is 12.1 Å². The van der Waals surface area contributed by atoms with Crippen LogP contribution in [0.15, 0.2) is 29.2 Å². The summed E-state index contributed by atoms with van der Waals surface area (Å²) in [6.07, 6.45) is 3.63. The fourth-order valence-corrected chi connectivity index (χ4v) is 5.60. The normalized spacial score (nSPS) is 24.5. The van der Waals surface area contributed by atoms with Crippen LogP contribution in [-0.4, -0.2) is 68.8 Å². The Morgan fingerprint density at radius 1 is 1.11 bits per heavy atom. The van der Waals surface area contributed by atoms with E-state index in [9.17, 15) is 13.2 Å². The molecule has 6 nitrogen and oxygen atoms in total. The van der Waals surface area contributed by atoms with Gasteiger partial charge in [-0.2, -0.15) is 4.31 Å². The molecule has 2 aliphatic rings. The predicted molar refractivity (Wildman–Crippen MR) is 110 cm³/mol. The zero-order chi connectivity index (χ0) is 20.3. The number of sulfonamides is 1. The Bertz CT molecular complexity index is 769. The highest BCUT2D eigenvalue weighted by Crippen LogP contribution is 2.21. The van der Waals surface area contributed by atoms with Gasteiger partial charge in [-0.15, -0.1) is 0 Å². The fraction of sp³-hybridized carbons (Fsp3) is 0.667. The van der Waals surface area contributed by atoms with Crippen LogP contribution in [0.25, 0.3) is 0 Å². The van der Waals surface area contributed by atoms with Gasteiger partial charge >= 0.3 is 0 Å². The summed E-state index contributed by atoms with van der Waals surface area (Å²) in [5, 5.41) is 0. The lowest BCUT2D eigenvalue weighted by molar-refractivity contribution is -0.921. The molecule has 156 valence electrons. The first-order valence-corrected chi connectivity index (χ1v) is 12.0. The van der Waals surface area contributed by atoms with Crippen molar-refractivity contribution < 1.29 is 18.1 Å². The highest BCUT2D eigenvalue weighted by Gasteiger charge is 2.32. The third-order valence-corrected chi connectivity index (χ3v) is 8.15. The fourth-order valence-electron chi connectivity index (χ4n) is 4.17. The van der Waals surface area contributed by atoms with Crippen LogP contribution in [0, 0.1) is 0 Å². The third kappa shape index (κ3) is 4.75. The predicted octanol–water partition coefficient (Wildman–Crippen LogP) is 1.10. The average molecular weight is 409 g/mol. The topological polar surface area (TPSA) is 62.1 Å². The van der Waals surface area contributed by atoms with Crippen molar-refractivity contribution in [3.05, 3.63) is 29.8 Å². The van der Waals surface area contributed by atoms with Gasteiger partial charge in [0, 0.05) is 26.2 Å². The summed E-state index contributed by atoms with van der Waals surface area (Å²) in [5.41, 5.74) is 1.13. The Morgan fingerprint density at radius 2 is 1.75 bits per heavy atom. The molecule has 7 heteroatoms. The maximum Gasteiger partial charge on any atom is 0.277 e. The Labute approximate surface area is 169 Å². The molecule has 0 radical (unpaired) electrons. The van der Waals surface area contributed by atoms with Crippen LogP contribution in [0.2, 0.25) is 0 Å². The summed E-state index contributed by atoms with van der Waals surface area (Å²) in [6, 6.07) is 7.71. The molecule has 0 bridgehead atoms. The standard InChI is InChI=1S/C21H33N3O3S/c1-17(2)19-7-9-20(10-8-19)28(26,27)24-14-12-22(13-15-24)21(25)16-23-11-5-4-6-18(23)3/h7-10,17-18H,4-6,11-16H2,1-3H3/p+1/t18-/m1/s1. The van der Waals surface area contributed by atoms with E-state index in [-0.39, 0.29) is 5.91 Å². The lowest BCUT2D eigenvalue weighted by Gasteiger charge is -2.36. The molecule has 0 saturated carbocycles. The number of carbonyl (C=O) groups excluding carboxylic acids is 1. The number of nitrogens with zero attached hydrogens (tertiary/aromatic N) is 2. The minimum absolute atomic E-state index is 0.155. The van der Waals surface area contributed by atoms with Crippen LogP contribution >= 0.6 is 0 Å². The Kier molecular flexibility index (Phi) is 6.78. The zero-order valence-corrected chi connectivity index (χ0v) is 18.2. The molecule has 2 atom stereocenters. The second-order valence-corrected chi connectivity index (χ2v) is 10.4. The molecule has 1 aromatic rings. The molecule has 1 unspecified atom stereocenters. The molecule has 2 heterocycles. The maximum atomic E-state index is 12.9. The van der Waals surface area contributed by atoms with Crippen LogP contribution in [0.3, 0.4) is 0 Å². The van der Waals surface area contributed by atoms with E-state index in [1.807, 2.05) is 17.0 Å². The average Bonchev–Trinajstić information content (AvgIpc) is 2.70. The molecule has 0 aromatic heterocycles. The number of hydrogen-bond donors (Lipinski definition) is 1. The van der Waals surface area contributed by atoms with Crippen molar-refractivity contribution in [1.82, 2.24) is 9.21 Å². The largest absolute Gasteiger partial charge is 0.335 e. The van der Waals surface area contributed by atoms with Crippen LogP contribution in [0.4, 0.5) is 0 Å². The summed E-state index contributed by atoms with van der Waals surface area (Å²) < 4.78 is 27.4. The minimum atomic E-state index is -3.50. The zero-order valence-electron chi connectivity index (χ0n) is 17.4. The van der Waals surface area contributed by atoms with Gasteiger partial charge in [-0.3, -0.25) is 4.79 Å². The van der Waals surface area contributed by atoms with E-state index in [1.165, 1.54) is 28.5 Å². The van der Waals surface area contributed by atoms with Gasteiger partial charge in [0.2, 0.25) is 10.0 Å². The van der Waals surface area contributed by atoms with Gasteiger partial charge in [0.1, 0.15) is 0 Å². The molecular weight excluding hydrogens is 374 g/mol. The molecule has 1 aromatic carbocycles. The van der Waals surface area contributed by atoms with E-state index in [0.717, 1.165) is 12.1 Å². The van der Waals surface area contributed by atoms with Crippen LogP contribution in [0.5, 0.6) is 0 Å². The van der Waals surface area contributed by atoms with Gasteiger partial charge in [0.05, 0.1) is 17.5 Å². The van der Waals surface area contributed by atoms with Crippen molar-refractivity contribution in [2.24, 2.45) is 0 Å². The van der Waals surface area contributed by atoms with Gasteiger partial charge in [0.25, 0.3) is 5.91 Å². The van der Waals surface area contributed by atoms with Crippen LogP contribution in [0.1, 0.15) is 51.5 Å². The number of rotatable bonds is 5. The number of hydrogen-bond acceptors (Lipinski definition) is 3. The molecule has 3 rings (SSSR count). The smallest absolute Gasteiger partial charge is 0.277 e. The number of likely N-dealkylation sites (tertiary alicyclic amines) is 1. The summed E-state index contributed by atoms with van der Waals surface area (Å²) in [7, 11) is -3.50. The van der Waals surface area contributed by atoms with Crippen LogP contribution in [-0.2, 0) is 14.8 Å². The summed E-state index contributed by atoms with van der Waals surface area (Å²) in [5.74, 6) is 0.526. The van der Waals surface area contributed by atoms with E-state index in [2.05, 4.69) is 20.8 Å². The molecular formula is C21H34N3O3S+. The van der Waals surface area contributed by atoms with Crippen molar-refractivity contribution in [2.75, 3.05) is 39.3 Å². The Morgan fingerprint density at radius 3 is 2.32 bits per heavy atom.